The van der Waals surface area contributed by atoms with Crippen LogP contribution in [0.3, 0.4) is 0 Å². The van der Waals surface area contributed by atoms with Crippen LogP contribution < -0.4 is 9.64 Å². The number of hydrogen-bond donors (Lipinski definition) is 0. The molecule has 1 fully saturated rings. The van der Waals surface area contributed by atoms with Crippen LogP contribution in [-0.2, 0) is 0 Å². The topological polar surface area (TPSA) is 24.8 Å². The molecule has 23 heavy (non-hydrogen) atoms. The molecular weight excluding hydrogens is 399 g/mol. The zero-order valence-electron chi connectivity index (χ0n) is 13.3. The standard InChI is InChI=1S/C19H21IN2O/c1-23-19-13-18(22-10-3-2-4-11-22)9-8-15(19)14-21-17-7-5-6-16(20)12-17/h5-9,12-14H,2-4,10-11H2,1H3. The molecule has 0 radical (unpaired) electrons. The van der Waals surface area contributed by atoms with Gasteiger partial charge < -0.3 is 9.64 Å². The Hall–Kier alpha value is -1.56. The van der Waals surface area contributed by atoms with Gasteiger partial charge in [-0.2, -0.15) is 0 Å². The molecule has 0 spiro atoms. The van der Waals surface area contributed by atoms with Gasteiger partial charge in [-0.1, -0.05) is 6.07 Å². The Labute approximate surface area is 151 Å². The van der Waals surface area contributed by atoms with E-state index in [1.165, 1.54) is 28.5 Å². The maximum absolute atomic E-state index is 5.57. The van der Waals surface area contributed by atoms with Crippen molar-refractivity contribution in [1.82, 2.24) is 0 Å². The van der Waals surface area contributed by atoms with E-state index in [9.17, 15) is 0 Å². The molecule has 120 valence electrons. The monoisotopic (exact) mass is 420 g/mol. The van der Waals surface area contributed by atoms with E-state index in [2.05, 4.69) is 62.8 Å². The molecule has 1 saturated heterocycles. The van der Waals surface area contributed by atoms with Gasteiger partial charge in [-0.25, -0.2) is 0 Å². The number of aliphatic imine (C=N–C) groups is 1. The lowest BCUT2D eigenvalue weighted by molar-refractivity contribution is 0.414. The van der Waals surface area contributed by atoms with Gasteiger partial charge in [0.2, 0.25) is 0 Å². The number of nitrogens with zero attached hydrogens (tertiary/aromatic N) is 2. The SMILES string of the molecule is COc1cc(N2CCCCC2)ccc1C=Nc1cccc(I)c1. The lowest BCUT2D eigenvalue weighted by atomic mass is 10.1. The van der Waals surface area contributed by atoms with Crippen molar-refractivity contribution >= 4 is 40.2 Å². The zero-order chi connectivity index (χ0) is 16.1. The van der Waals surface area contributed by atoms with Crippen LogP contribution in [0.25, 0.3) is 0 Å². The third-order valence-corrected chi connectivity index (χ3v) is 4.77. The normalized spacial score (nSPS) is 15.1. The summed E-state index contributed by atoms with van der Waals surface area (Å²) in [5.74, 6) is 0.877. The van der Waals surface area contributed by atoms with E-state index < -0.39 is 0 Å². The first-order valence-corrected chi connectivity index (χ1v) is 9.07. The van der Waals surface area contributed by atoms with Gasteiger partial charge in [0.25, 0.3) is 0 Å². The maximum Gasteiger partial charge on any atom is 0.129 e. The summed E-state index contributed by atoms with van der Waals surface area (Å²) in [5.41, 5.74) is 3.21. The zero-order valence-corrected chi connectivity index (χ0v) is 15.5. The summed E-state index contributed by atoms with van der Waals surface area (Å²) in [4.78, 5) is 7.00. The van der Waals surface area contributed by atoms with Crippen molar-refractivity contribution < 1.29 is 4.74 Å². The molecule has 0 atom stereocenters. The van der Waals surface area contributed by atoms with Crippen LogP contribution >= 0.6 is 22.6 Å². The second kappa shape index (κ2) is 7.81. The van der Waals surface area contributed by atoms with E-state index >= 15 is 0 Å². The first-order chi connectivity index (χ1) is 11.3. The van der Waals surface area contributed by atoms with E-state index in [4.69, 9.17) is 4.74 Å². The summed E-state index contributed by atoms with van der Waals surface area (Å²) in [7, 11) is 1.72. The molecule has 2 aromatic carbocycles. The van der Waals surface area contributed by atoms with E-state index in [-0.39, 0.29) is 0 Å². The molecule has 0 aromatic heterocycles. The molecular formula is C19H21IN2O. The molecule has 0 amide bonds. The Morgan fingerprint density at radius 2 is 1.91 bits per heavy atom. The van der Waals surface area contributed by atoms with E-state index in [1.54, 1.807) is 7.11 Å². The lowest BCUT2D eigenvalue weighted by Gasteiger charge is -2.29. The van der Waals surface area contributed by atoms with Crippen LogP contribution in [0.4, 0.5) is 11.4 Å². The van der Waals surface area contributed by atoms with Crippen molar-refractivity contribution in [3.8, 4) is 5.75 Å². The van der Waals surface area contributed by atoms with E-state index in [0.717, 1.165) is 30.1 Å². The Balaban J connectivity index is 1.82. The summed E-state index contributed by atoms with van der Waals surface area (Å²) >= 11 is 2.30. The largest absolute Gasteiger partial charge is 0.496 e. The number of anilines is 1. The molecule has 0 unspecified atom stereocenters. The number of hydrogen-bond acceptors (Lipinski definition) is 3. The third-order valence-electron chi connectivity index (χ3n) is 4.10. The summed E-state index contributed by atoms with van der Waals surface area (Å²) in [5, 5.41) is 0. The number of ether oxygens (including phenoxy) is 1. The molecule has 0 aliphatic carbocycles. The highest BCUT2D eigenvalue weighted by Gasteiger charge is 2.12. The van der Waals surface area contributed by atoms with Crippen molar-refractivity contribution in [2.24, 2.45) is 4.99 Å². The minimum atomic E-state index is 0.877. The number of methoxy groups -OCH3 is 1. The summed E-state index contributed by atoms with van der Waals surface area (Å²) < 4.78 is 6.75. The van der Waals surface area contributed by atoms with Gasteiger partial charge in [0.05, 0.1) is 12.8 Å². The highest BCUT2D eigenvalue weighted by molar-refractivity contribution is 14.1. The van der Waals surface area contributed by atoms with Gasteiger partial charge in [0.1, 0.15) is 5.75 Å². The quantitative estimate of drug-likeness (QED) is 0.512. The lowest BCUT2D eigenvalue weighted by Crippen LogP contribution is -2.29. The van der Waals surface area contributed by atoms with Gasteiger partial charge in [0.15, 0.2) is 0 Å². The summed E-state index contributed by atoms with van der Waals surface area (Å²) in [6.45, 7) is 2.28. The minimum Gasteiger partial charge on any atom is -0.496 e. The van der Waals surface area contributed by atoms with Gasteiger partial charge in [0, 0.05) is 40.2 Å². The Kier molecular flexibility index (Phi) is 5.54. The summed E-state index contributed by atoms with van der Waals surface area (Å²) in [6, 6.07) is 14.5. The van der Waals surface area contributed by atoms with Crippen molar-refractivity contribution in [1.29, 1.82) is 0 Å². The second-order valence-corrected chi connectivity index (χ2v) is 6.96. The average Bonchev–Trinajstić information content (AvgIpc) is 2.60. The predicted molar refractivity (Wildman–Crippen MR) is 105 cm³/mol. The first-order valence-electron chi connectivity index (χ1n) is 7.99. The highest BCUT2D eigenvalue weighted by atomic mass is 127. The van der Waals surface area contributed by atoms with Crippen LogP contribution in [0.5, 0.6) is 5.75 Å². The van der Waals surface area contributed by atoms with Crippen LogP contribution in [0.15, 0.2) is 47.5 Å². The van der Waals surface area contributed by atoms with Crippen LogP contribution in [0.1, 0.15) is 24.8 Å². The van der Waals surface area contributed by atoms with Crippen molar-refractivity contribution in [3.63, 3.8) is 0 Å². The smallest absolute Gasteiger partial charge is 0.129 e. The molecule has 1 heterocycles. The fourth-order valence-electron chi connectivity index (χ4n) is 2.86. The average molecular weight is 420 g/mol. The van der Waals surface area contributed by atoms with E-state index in [1.807, 2.05) is 18.3 Å². The first kappa shape index (κ1) is 16.3. The fourth-order valence-corrected chi connectivity index (χ4v) is 3.38. The maximum atomic E-state index is 5.57. The van der Waals surface area contributed by atoms with Gasteiger partial charge >= 0.3 is 0 Å². The summed E-state index contributed by atoms with van der Waals surface area (Å²) in [6.07, 6.45) is 5.77. The Bertz CT molecular complexity index is 694. The second-order valence-electron chi connectivity index (χ2n) is 5.71. The third kappa shape index (κ3) is 4.25. The van der Waals surface area contributed by atoms with Crippen LogP contribution in [0.2, 0.25) is 0 Å². The molecule has 3 nitrogen and oxygen atoms in total. The fraction of sp³-hybridized carbons (Fsp3) is 0.316. The van der Waals surface area contributed by atoms with Gasteiger partial charge in [-0.3, -0.25) is 4.99 Å². The molecule has 4 heteroatoms. The number of halogens is 1. The van der Waals surface area contributed by atoms with Crippen LogP contribution in [-0.4, -0.2) is 26.4 Å². The highest BCUT2D eigenvalue weighted by Crippen LogP contribution is 2.27. The molecule has 0 bridgehead atoms. The number of piperidine rings is 1. The van der Waals surface area contributed by atoms with E-state index in [0.29, 0.717) is 0 Å². The number of rotatable bonds is 4. The predicted octanol–water partition coefficient (Wildman–Crippen LogP) is 5.04. The molecule has 2 aromatic rings. The van der Waals surface area contributed by atoms with Crippen LogP contribution in [0, 0.1) is 3.57 Å². The molecule has 0 N–H and O–H groups in total. The minimum absolute atomic E-state index is 0.877. The molecule has 1 aliphatic heterocycles. The van der Waals surface area contributed by atoms with Gasteiger partial charge in [-0.05, 0) is 72.2 Å². The van der Waals surface area contributed by atoms with Gasteiger partial charge in [-0.15, -0.1) is 0 Å². The molecule has 3 rings (SSSR count). The number of benzene rings is 2. The van der Waals surface area contributed by atoms with Crippen molar-refractivity contribution in [2.75, 3.05) is 25.1 Å². The molecule has 0 saturated carbocycles. The Morgan fingerprint density at radius 3 is 2.65 bits per heavy atom. The van der Waals surface area contributed by atoms with Crippen molar-refractivity contribution in [2.45, 2.75) is 19.3 Å². The Morgan fingerprint density at radius 1 is 1.09 bits per heavy atom. The van der Waals surface area contributed by atoms with Crippen molar-refractivity contribution in [3.05, 3.63) is 51.6 Å². The molecule has 1 aliphatic rings.